The average Bonchev–Trinajstić information content (AvgIpc) is 2.78. The normalized spacial score (nSPS) is 12.6. The highest BCUT2D eigenvalue weighted by Crippen LogP contribution is 2.14. The third-order valence-corrected chi connectivity index (χ3v) is 3.86. The maximum absolute atomic E-state index is 13.7. The van der Waals surface area contributed by atoms with Crippen LogP contribution in [0.3, 0.4) is 0 Å². The second kappa shape index (κ2) is 6.78. The Morgan fingerprint density at radius 3 is 2.74 bits per heavy atom. The van der Waals surface area contributed by atoms with Gasteiger partial charge in [-0.3, -0.25) is 0 Å². The monoisotopic (exact) mass is 278 g/mol. The Morgan fingerprint density at radius 1 is 1.32 bits per heavy atom. The number of thiazole rings is 1. The van der Waals surface area contributed by atoms with Gasteiger partial charge in [0.05, 0.1) is 10.7 Å². The number of hydrogen-bond acceptors (Lipinski definition) is 3. The van der Waals surface area contributed by atoms with Crippen LogP contribution in [0.5, 0.6) is 0 Å². The summed E-state index contributed by atoms with van der Waals surface area (Å²) in [4.78, 5) is 4.48. The molecule has 0 bridgehead atoms. The fourth-order valence-corrected chi connectivity index (χ4v) is 2.81. The Labute approximate surface area is 117 Å². The molecule has 1 heterocycles. The number of aryl methyl sites for hydroxylation is 1. The zero-order valence-electron chi connectivity index (χ0n) is 11.3. The first-order valence-electron chi connectivity index (χ1n) is 6.56. The molecule has 102 valence electrons. The molecule has 0 saturated carbocycles. The van der Waals surface area contributed by atoms with E-state index in [4.69, 9.17) is 0 Å². The Bertz CT molecular complexity index is 524. The Hall–Kier alpha value is -1.26. The molecule has 1 aromatic carbocycles. The van der Waals surface area contributed by atoms with Gasteiger partial charge in [0.2, 0.25) is 0 Å². The minimum absolute atomic E-state index is 0.125. The molecule has 0 radical (unpaired) electrons. The molecule has 0 aliphatic rings. The highest BCUT2D eigenvalue weighted by molar-refractivity contribution is 7.09. The Balaban J connectivity index is 2.06. The van der Waals surface area contributed by atoms with Crippen LogP contribution in [-0.2, 0) is 12.8 Å². The van der Waals surface area contributed by atoms with Crippen molar-refractivity contribution in [3.8, 4) is 0 Å². The molecule has 0 aliphatic heterocycles. The van der Waals surface area contributed by atoms with Crippen molar-refractivity contribution in [2.45, 2.75) is 32.7 Å². The lowest BCUT2D eigenvalue weighted by molar-refractivity contribution is 0.502. The number of hydrogen-bond donors (Lipinski definition) is 1. The number of likely N-dealkylation sites (N-methyl/N-ethyl adjacent to an activating group) is 1. The molecule has 2 nitrogen and oxygen atoms in total. The highest BCUT2D eigenvalue weighted by Gasteiger charge is 2.13. The summed E-state index contributed by atoms with van der Waals surface area (Å²) in [6.07, 6.45) is 1.53. The van der Waals surface area contributed by atoms with E-state index < -0.39 is 0 Å². The molecule has 1 N–H and O–H groups in total. The van der Waals surface area contributed by atoms with Gasteiger partial charge in [0.1, 0.15) is 5.82 Å². The first-order valence-corrected chi connectivity index (χ1v) is 7.44. The number of aromatic nitrogens is 1. The molecule has 1 unspecified atom stereocenters. The molecule has 0 spiro atoms. The van der Waals surface area contributed by atoms with Crippen molar-refractivity contribution in [1.29, 1.82) is 0 Å². The van der Waals surface area contributed by atoms with Crippen LogP contribution < -0.4 is 5.32 Å². The van der Waals surface area contributed by atoms with Crippen LogP contribution >= 0.6 is 11.3 Å². The largest absolute Gasteiger partial charge is 0.314 e. The molecule has 19 heavy (non-hydrogen) atoms. The van der Waals surface area contributed by atoms with E-state index >= 15 is 0 Å². The average molecular weight is 278 g/mol. The lowest BCUT2D eigenvalue weighted by Crippen LogP contribution is -2.33. The van der Waals surface area contributed by atoms with E-state index in [1.54, 1.807) is 17.4 Å². The van der Waals surface area contributed by atoms with E-state index in [-0.39, 0.29) is 11.9 Å². The summed E-state index contributed by atoms with van der Waals surface area (Å²) in [6, 6.07) is 7.21. The van der Waals surface area contributed by atoms with Crippen molar-refractivity contribution in [2.75, 3.05) is 6.54 Å². The van der Waals surface area contributed by atoms with Crippen molar-refractivity contribution in [1.82, 2.24) is 10.3 Å². The summed E-state index contributed by atoms with van der Waals surface area (Å²) in [7, 11) is 0. The Kier molecular flexibility index (Phi) is 5.05. The molecule has 4 heteroatoms. The first-order chi connectivity index (χ1) is 9.19. The van der Waals surface area contributed by atoms with Crippen LogP contribution in [0.4, 0.5) is 4.39 Å². The van der Waals surface area contributed by atoms with E-state index in [0.29, 0.717) is 6.42 Å². The van der Waals surface area contributed by atoms with Gasteiger partial charge in [-0.1, -0.05) is 25.1 Å². The first kappa shape index (κ1) is 14.2. The van der Waals surface area contributed by atoms with Crippen LogP contribution in [0.2, 0.25) is 0 Å². The maximum atomic E-state index is 13.7. The topological polar surface area (TPSA) is 24.9 Å². The van der Waals surface area contributed by atoms with Crippen LogP contribution in [0.1, 0.15) is 23.2 Å². The van der Waals surface area contributed by atoms with Crippen molar-refractivity contribution < 1.29 is 4.39 Å². The van der Waals surface area contributed by atoms with Gasteiger partial charge in [-0.2, -0.15) is 0 Å². The molecular weight excluding hydrogens is 259 g/mol. The fraction of sp³-hybridized carbons (Fsp3) is 0.400. The Morgan fingerprint density at radius 2 is 2.11 bits per heavy atom. The van der Waals surface area contributed by atoms with Crippen LogP contribution in [0, 0.1) is 12.7 Å². The van der Waals surface area contributed by atoms with Gasteiger partial charge in [-0.25, -0.2) is 9.37 Å². The van der Waals surface area contributed by atoms with Gasteiger partial charge >= 0.3 is 0 Å². The van der Waals surface area contributed by atoms with Gasteiger partial charge < -0.3 is 5.32 Å². The number of benzene rings is 1. The standard InChI is InChI=1S/C15H19FN2S/c1-3-17-13(9-14-10-19-11(2)18-14)8-12-6-4-5-7-15(12)16/h4-7,10,13,17H,3,8-9H2,1-2H3. The lowest BCUT2D eigenvalue weighted by Gasteiger charge is -2.17. The second-order valence-electron chi connectivity index (χ2n) is 4.61. The predicted octanol–water partition coefficient (Wildman–Crippen LogP) is 3.35. The maximum Gasteiger partial charge on any atom is 0.126 e. The van der Waals surface area contributed by atoms with Crippen LogP contribution in [0.25, 0.3) is 0 Å². The molecule has 0 aliphatic carbocycles. The molecule has 0 amide bonds. The minimum atomic E-state index is -0.125. The van der Waals surface area contributed by atoms with Gasteiger partial charge in [0.25, 0.3) is 0 Å². The van der Waals surface area contributed by atoms with Crippen LogP contribution in [-0.4, -0.2) is 17.6 Å². The summed E-state index contributed by atoms with van der Waals surface area (Å²) in [5.41, 5.74) is 1.85. The number of rotatable bonds is 6. The van der Waals surface area contributed by atoms with E-state index in [9.17, 15) is 4.39 Å². The molecular formula is C15H19FN2S. The molecule has 2 aromatic rings. The SMILES string of the molecule is CCNC(Cc1csc(C)n1)Cc1ccccc1F. The van der Waals surface area contributed by atoms with E-state index in [2.05, 4.69) is 22.6 Å². The fourth-order valence-electron chi connectivity index (χ4n) is 2.19. The number of nitrogens with zero attached hydrogens (tertiary/aromatic N) is 1. The van der Waals surface area contributed by atoms with Gasteiger partial charge in [-0.15, -0.1) is 11.3 Å². The third-order valence-electron chi connectivity index (χ3n) is 3.04. The van der Waals surface area contributed by atoms with Gasteiger partial charge in [-0.05, 0) is 31.5 Å². The third kappa shape index (κ3) is 4.11. The zero-order valence-corrected chi connectivity index (χ0v) is 12.1. The summed E-state index contributed by atoms with van der Waals surface area (Å²) < 4.78 is 13.7. The molecule has 1 aromatic heterocycles. The van der Waals surface area contributed by atoms with E-state index in [1.165, 1.54) is 6.07 Å². The van der Waals surface area contributed by atoms with E-state index in [1.807, 2.05) is 19.1 Å². The van der Waals surface area contributed by atoms with Crippen molar-refractivity contribution in [3.63, 3.8) is 0 Å². The van der Waals surface area contributed by atoms with Crippen molar-refractivity contribution >= 4 is 11.3 Å². The quantitative estimate of drug-likeness (QED) is 0.876. The van der Waals surface area contributed by atoms with E-state index in [0.717, 1.165) is 29.2 Å². The van der Waals surface area contributed by atoms with Crippen molar-refractivity contribution in [3.05, 3.63) is 51.7 Å². The van der Waals surface area contributed by atoms with Gasteiger partial charge in [0.15, 0.2) is 0 Å². The lowest BCUT2D eigenvalue weighted by atomic mass is 10.0. The summed E-state index contributed by atoms with van der Waals surface area (Å²) in [5, 5.41) is 6.58. The summed E-state index contributed by atoms with van der Waals surface area (Å²) >= 11 is 1.66. The molecule has 0 fully saturated rings. The molecule has 1 atom stereocenters. The van der Waals surface area contributed by atoms with Crippen LogP contribution in [0.15, 0.2) is 29.6 Å². The second-order valence-corrected chi connectivity index (χ2v) is 5.67. The highest BCUT2D eigenvalue weighted by atomic mass is 32.1. The van der Waals surface area contributed by atoms with Crippen molar-refractivity contribution in [2.24, 2.45) is 0 Å². The predicted molar refractivity (Wildman–Crippen MR) is 78.1 cm³/mol. The zero-order chi connectivity index (χ0) is 13.7. The number of halogens is 1. The molecule has 0 saturated heterocycles. The van der Waals surface area contributed by atoms with Gasteiger partial charge in [0, 0.05) is 17.8 Å². The summed E-state index contributed by atoms with van der Waals surface area (Å²) in [5.74, 6) is -0.125. The number of nitrogens with one attached hydrogen (secondary N) is 1. The molecule has 2 rings (SSSR count). The smallest absolute Gasteiger partial charge is 0.126 e. The summed E-state index contributed by atoms with van der Waals surface area (Å²) in [6.45, 7) is 4.95. The minimum Gasteiger partial charge on any atom is -0.314 e.